The zero-order valence-corrected chi connectivity index (χ0v) is 13.0. The summed E-state index contributed by atoms with van der Waals surface area (Å²) in [7, 11) is 0. The van der Waals surface area contributed by atoms with Crippen LogP contribution >= 0.6 is 11.3 Å². The maximum Gasteiger partial charge on any atom is 0.319 e. The topological polar surface area (TPSA) is 84.7 Å². The molecule has 0 saturated carbocycles. The number of nitrogens with zero attached hydrogens (tertiary/aromatic N) is 4. The van der Waals surface area contributed by atoms with E-state index >= 15 is 0 Å². The van der Waals surface area contributed by atoms with Crippen LogP contribution in [0.1, 0.15) is 10.7 Å². The van der Waals surface area contributed by atoms with Gasteiger partial charge in [-0.25, -0.2) is 23.8 Å². The summed E-state index contributed by atoms with van der Waals surface area (Å²) < 4.78 is 15.4. The number of nitrogens with one attached hydrogen (secondary N) is 2. The Kier molecular flexibility index (Phi) is 4.29. The Morgan fingerprint density at radius 3 is 2.96 bits per heavy atom. The lowest BCUT2D eigenvalue weighted by atomic mass is 10.2. The fourth-order valence-electron chi connectivity index (χ4n) is 1.94. The van der Waals surface area contributed by atoms with E-state index in [1.807, 2.05) is 12.3 Å². The summed E-state index contributed by atoms with van der Waals surface area (Å²) in [6, 6.07) is 3.91. The van der Waals surface area contributed by atoms with Gasteiger partial charge in [-0.3, -0.25) is 0 Å². The van der Waals surface area contributed by atoms with Gasteiger partial charge in [-0.1, -0.05) is 0 Å². The first-order chi connectivity index (χ1) is 11.1. The van der Waals surface area contributed by atoms with E-state index in [0.717, 1.165) is 10.7 Å². The molecule has 0 radical (unpaired) electrons. The van der Waals surface area contributed by atoms with Crippen LogP contribution in [-0.2, 0) is 6.54 Å². The van der Waals surface area contributed by atoms with Gasteiger partial charge < -0.3 is 10.6 Å². The van der Waals surface area contributed by atoms with Gasteiger partial charge in [0.05, 0.1) is 17.2 Å². The zero-order valence-electron chi connectivity index (χ0n) is 12.2. The Balaban J connectivity index is 1.61. The van der Waals surface area contributed by atoms with Gasteiger partial charge >= 0.3 is 6.03 Å². The van der Waals surface area contributed by atoms with Crippen LogP contribution in [0.15, 0.2) is 36.2 Å². The van der Waals surface area contributed by atoms with Crippen LogP contribution in [0.5, 0.6) is 0 Å². The van der Waals surface area contributed by atoms with Gasteiger partial charge in [-0.05, 0) is 25.1 Å². The van der Waals surface area contributed by atoms with Crippen molar-refractivity contribution >= 4 is 23.1 Å². The molecule has 3 rings (SSSR count). The van der Waals surface area contributed by atoms with Gasteiger partial charge in [-0.2, -0.15) is 5.10 Å². The fourth-order valence-corrected chi connectivity index (χ4v) is 2.55. The summed E-state index contributed by atoms with van der Waals surface area (Å²) in [4.78, 5) is 19.8. The van der Waals surface area contributed by atoms with E-state index in [1.165, 1.54) is 40.8 Å². The molecule has 2 aromatic heterocycles. The summed E-state index contributed by atoms with van der Waals surface area (Å²) in [5.41, 5.74) is 1.39. The monoisotopic (exact) mass is 332 g/mol. The fraction of sp³-hybridized carbons (Fsp3) is 0.143. The molecule has 0 atom stereocenters. The molecule has 2 heterocycles. The van der Waals surface area contributed by atoms with E-state index in [9.17, 15) is 9.18 Å². The summed E-state index contributed by atoms with van der Waals surface area (Å²) in [5, 5.41) is 11.9. The molecule has 0 fully saturated rings. The van der Waals surface area contributed by atoms with Crippen molar-refractivity contribution in [1.29, 1.82) is 0 Å². The predicted octanol–water partition coefficient (Wildman–Crippen LogP) is 2.49. The molecule has 0 aliphatic rings. The highest BCUT2D eigenvalue weighted by molar-refractivity contribution is 7.09. The van der Waals surface area contributed by atoms with Crippen LogP contribution < -0.4 is 10.6 Å². The number of amides is 2. The van der Waals surface area contributed by atoms with Gasteiger partial charge in [-0.15, -0.1) is 11.3 Å². The normalized spacial score (nSPS) is 10.5. The van der Waals surface area contributed by atoms with Gasteiger partial charge in [0.2, 0.25) is 0 Å². The minimum absolute atomic E-state index is 0.256. The number of anilines is 1. The minimum Gasteiger partial charge on any atom is -0.332 e. The van der Waals surface area contributed by atoms with E-state index in [2.05, 4.69) is 25.7 Å². The average molecular weight is 332 g/mol. The minimum atomic E-state index is -0.511. The SMILES string of the molecule is Cc1nc(CNC(=O)Nc2ccc(-n3cncn3)c(F)c2)cs1. The predicted molar refractivity (Wildman–Crippen MR) is 84.0 cm³/mol. The van der Waals surface area contributed by atoms with E-state index < -0.39 is 11.8 Å². The summed E-state index contributed by atoms with van der Waals surface area (Å²) >= 11 is 1.52. The molecule has 0 unspecified atom stereocenters. The highest BCUT2D eigenvalue weighted by Gasteiger charge is 2.09. The van der Waals surface area contributed by atoms with Crippen molar-refractivity contribution in [2.75, 3.05) is 5.32 Å². The summed E-state index contributed by atoms with van der Waals surface area (Å²) in [6.07, 6.45) is 2.72. The van der Waals surface area contributed by atoms with Crippen LogP contribution in [0.2, 0.25) is 0 Å². The van der Waals surface area contributed by atoms with Gasteiger partial charge in [0.25, 0.3) is 0 Å². The molecular formula is C14H13FN6OS. The lowest BCUT2D eigenvalue weighted by Crippen LogP contribution is -2.28. The second-order valence-corrected chi connectivity index (χ2v) is 5.73. The molecule has 0 aliphatic carbocycles. The number of urea groups is 1. The van der Waals surface area contributed by atoms with Crippen molar-refractivity contribution in [3.8, 4) is 5.69 Å². The van der Waals surface area contributed by atoms with E-state index in [0.29, 0.717) is 12.2 Å². The van der Waals surface area contributed by atoms with Gasteiger partial charge in [0.15, 0.2) is 5.82 Å². The number of halogens is 1. The molecule has 23 heavy (non-hydrogen) atoms. The molecule has 0 bridgehead atoms. The molecule has 3 aromatic rings. The molecule has 118 valence electrons. The Hall–Kier alpha value is -2.81. The zero-order chi connectivity index (χ0) is 16.2. The first-order valence-electron chi connectivity index (χ1n) is 6.72. The molecule has 2 amide bonds. The average Bonchev–Trinajstić information content (AvgIpc) is 3.17. The van der Waals surface area contributed by atoms with Gasteiger partial charge in [0.1, 0.15) is 18.3 Å². The molecule has 9 heteroatoms. The standard InChI is InChI=1S/C14H13FN6OS/c1-9-19-11(6-23-9)5-17-14(22)20-10-2-3-13(12(15)4-10)21-8-16-7-18-21/h2-4,6-8H,5H2,1H3,(H2,17,20,22). The quantitative estimate of drug-likeness (QED) is 0.769. The van der Waals surface area contributed by atoms with Crippen molar-refractivity contribution in [2.45, 2.75) is 13.5 Å². The summed E-state index contributed by atoms with van der Waals surface area (Å²) in [6.45, 7) is 2.21. The third-order valence-corrected chi connectivity index (χ3v) is 3.79. The Morgan fingerprint density at radius 2 is 2.30 bits per heavy atom. The van der Waals surface area contributed by atoms with Crippen molar-refractivity contribution in [1.82, 2.24) is 25.1 Å². The van der Waals surface area contributed by atoms with Crippen molar-refractivity contribution in [3.05, 3.63) is 52.8 Å². The Labute approximate surface area is 135 Å². The highest BCUT2D eigenvalue weighted by Crippen LogP contribution is 2.17. The molecule has 0 saturated heterocycles. The molecule has 7 nitrogen and oxygen atoms in total. The third kappa shape index (κ3) is 3.69. The molecule has 0 spiro atoms. The van der Waals surface area contributed by atoms with Crippen molar-refractivity contribution in [3.63, 3.8) is 0 Å². The Morgan fingerprint density at radius 1 is 1.43 bits per heavy atom. The van der Waals surface area contributed by atoms with E-state index in [1.54, 1.807) is 6.07 Å². The second-order valence-electron chi connectivity index (χ2n) is 4.67. The van der Waals surface area contributed by atoms with Gasteiger partial charge in [0, 0.05) is 11.1 Å². The first kappa shape index (κ1) is 15.1. The number of rotatable bonds is 4. The van der Waals surface area contributed by atoms with Crippen molar-refractivity contribution in [2.24, 2.45) is 0 Å². The van der Waals surface area contributed by atoms with E-state index in [4.69, 9.17) is 0 Å². The number of aryl methyl sites for hydroxylation is 1. The highest BCUT2D eigenvalue weighted by atomic mass is 32.1. The maximum absolute atomic E-state index is 14.0. The van der Waals surface area contributed by atoms with Crippen LogP contribution in [-0.4, -0.2) is 25.8 Å². The van der Waals surface area contributed by atoms with Crippen LogP contribution in [0.4, 0.5) is 14.9 Å². The van der Waals surface area contributed by atoms with Crippen LogP contribution in [0.25, 0.3) is 5.69 Å². The maximum atomic E-state index is 14.0. The largest absolute Gasteiger partial charge is 0.332 e. The Bertz CT molecular complexity index is 817. The first-order valence-corrected chi connectivity index (χ1v) is 7.60. The third-order valence-electron chi connectivity index (χ3n) is 2.97. The molecule has 0 aliphatic heterocycles. The number of carbonyl (C=O) groups excluding carboxylic acids is 1. The smallest absolute Gasteiger partial charge is 0.319 e. The number of hydrogen-bond acceptors (Lipinski definition) is 5. The lowest BCUT2D eigenvalue weighted by molar-refractivity contribution is 0.251. The molecular weight excluding hydrogens is 319 g/mol. The van der Waals surface area contributed by atoms with Crippen molar-refractivity contribution < 1.29 is 9.18 Å². The number of thiazole rings is 1. The molecule has 2 N–H and O–H groups in total. The summed E-state index contributed by atoms with van der Waals surface area (Å²) in [5.74, 6) is -0.511. The van der Waals surface area contributed by atoms with Crippen LogP contribution in [0, 0.1) is 12.7 Å². The van der Waals surface area contributed by atoms with Crippen LogP contribution in [0.3, 0.4) is 0 Å². The lowest BCUT2D eigenvalue weighted by Gasteiger charge is -2.08. The second kappa shape index (κ2) is 6.53. The number of benzene rings is 1. The number of hydrogen-bond donors (Lipinski definition) is 2. The number of carbonyl (C=O) groups is 1. The number of aromatic nitrogens is 4. The molecule has 1 aromatic carbocycles. The van der Waals surface area contributed by atoms with E-state index in [-0.39, 0.29) is 5.69 Å².